The van der Waals surface area contributed by atoms with Gasteiger partial charge in [-0.3, -0.25) is 19.8 Å². The summed E-state index contributed by atoms with van der Waals surface area (Å²) in [6, 6.07) is 8.86. The Labute approximate surface area is 227 Å². The first-order valence-corrected chi connectivity index (χ1v) is 11.9. The van der Waals surface area contributed by atoms with E-state index in [1.807, 2.05) is 0 Å². The highest BCUT2D eigenvalue weighted by molar-refractivity contribution is 6.76. The van der Waals surface area contributed by atoms with E-state index in [0.717, 1.165) is 26.3 Å². The highest BCUT2D eigenvalue weighted by Crippen LogP contribution is 2.33. The molecule has 0 aromatic heterocycles. The molecule has 15 heteroatoms. The smallest absolute Gasteiger partial charge is 0.408 e. The molecule has 1 saturated heterocycles. The van der Waals surface area contributed by atoms with Crippen molar-refractivity contribution in [3.05, 3.63) is 35.9 Å². The van der Waals surface area contributed by atoms with Gasteiger partial charge in [-0.2, -0.15) is 0 Å². The lowest BCUT2D eigenvalue weighted by Gasteiger charge is -2.44. The van der Waals surface area contributed by atoms with Crippen LogP contribution in [0.15, 0.2) is 30.3 Å². The van der Waals surface area contributed by atoms with Gasteiger partial charge in [-0.15, -0.1) is 0 Å². The molecule has 1 fully saturated rings. The van der Waals surface area contributed by atoms with Crippen LogP contribution in [0.3, 0.4) is 0 Å². The Morgan fingerprint density at radius 1 is 0.892 bits per heavy atom. The van der Waals surface area contributed by atoms with Crippen LogP contribution < -0.4 is 5.32 Å². The van der Waals surface area contributed by atoms with E-state index in [4.69, 9.17) is 68.6 Å². The van der Waals surface area contributed by atoms with Gasteiger partial charge in [-0.1, -0.05) is 65.1 Å². The standard InChI is InChI=1S/C22H25Cl3N2O10/c1-11(28)32-10-15-16(33-12(2)29)17(34-13(3)30)18(19(35-15)37-20(26)22(23,24)25)36-21(31)27-9-14-7-5-4-6-8-14/h4-8,15-19,26H,9-10H2,1-3H3,(H,27,31)/t15-,16-,17+,18-,19-/m1/s1. The monoisotopic (exact) mass is 582 g/mol. The Balaban J connectivity index is 2.39. The van der Waals surface area contributed by atoms with E-state index in [1.165, 1.54) is 0 Å². The maximum absolute atomic E-state index is 12.7. The Morgan fingerprint density at radius 3 is 2.03 bits per heavy atom. The van der Waals surface area contributed by atoms with Crippen LogP contribution in [-0.2, 0) is 49.3 Å². The molecule has 0 radical (unpaired) electrons. The summed E-state index contributed by atoms with van der Waals surface area (Å²) in [5.74, 6) is -3.26. The molecule has 1 aromatic rings. The van der Waals surface area contributed by atoms with Gasteiger partial charge < -0.3 is 33.7 Å². The number of carbonyl (C=O) groups is 4. The molecule has 1 aromatic carbocycles. The quantitative estimate of drug-likeness (QED) is 0.153. The molecule has 1 amide bonds. The van der Waals surface area contributed by atoms with Crippen molar-refractivity contribution in [2.24, 2.45) is 0 Å². The maximum atomic E-state index is 12.7. The number of alkyl carbamates (subject to hydrolysis) is 1. The SMILES string of the molecule is CC(=O)OC[C@H]1O[C@H](OC(=N)C(Cl)(Cl)Cl)[C@H](OC(=O)NCc2ccccc2)[C@@H](OC(C)=O)[C@@H]1OC(C)=O. The normalized spacial score (nSPS) is 23.2. The van der Waals surface area contributed by atoms with Crippen molar-refractivity contribution in [1.82, 2.24) is 5.32 Å². The summed E-state index contributed by atoms with van der Waals surface area (Å²) in [5, 5.41) is 10.4. The lowest BCUT2D eigenvalue weighted by atomic mass is 9.98. The van der Waals surface area contributed by atoms with Crippen LogP contribution in [0, 0.1) is 5.41 Å². The van der Waals surface area contributed by atoms with E-state index in [1.54, 1.807) is 30.3 Å². The van der Waals surface area contributed by atoms with Crippen LogP contribution in [0.1, 0.15) is 26.3 Å². The van der Waals surface area contributed by atoms with E-state index in [9.17, 15) is 19.2 Å². The zero-order chi connectivity index (χ0) is 27.8. The third-order valence-electron chi connectivity index (χ3n) is 4.66. The van der Waals surface area contributed by atoms with Gasteiger partial charge in [-0.05, 0) is 5.56 Å². The summed E-state index contributed by atoms with van der Waals surface area (Å²) < 4.78 is 29.7. The fourth-order valence-electron chi connectivity index (χ4n) is 3.21. The molecule has 1 aliphatic rings. The molecule has 204 valence electrons. The van der Waals surface area contributed by atoms with Gasteiger partial charge in [0, 0.05) is 27.3 Å². The van der Waals surface area contributed by atoms with Crippen LogP contribution in [-0.4, -0.2) is 71.0 Å². The molecule has 0 saturated carbocycles. The number of amides is 1. The van der Waals surface area contributed by atoms with Gasteiger partial charge in [-0.25, -0.2) is 4.79 Å². The maximum Gasteiger partial charge on any atom is 0.408 e. The molecule has 12 nitrogen and oxygen atoms in total. The lowest BCUT2D eigenvalue weighted by molar-refractivity contribution is -0.287. The van der Waals surface area contributed by atoms with E-state index in [0.29, 0.717) is 0 Å². The average Bonchev–Trinajstić information content (AvgIpc) is 2.79. The molecular formula is C22H25Cl3N2O10. The summed E-state index contributed by atoms with van der Waals surface area (Å²) in [4.78, 5) is 47.9. The third kappa shape index (κ3) is 9.88. The summed E-state index contributed by atoms with van der Waals surface area (Å²) in [5.41, 5.74) is 0.751. The van der Waals surface area contributed by atoms with Crippen molar-refractivity contribution < 1.29 is 47.6 Å². The van der Waals surface area contributed by atoms with Crippen molar-refractivity contribution in [3.8, 4) is 0 Å². The van der Waals surface area contributed by atoms with Gasteiger partial charge in [0.1, 0.15) is 12.7 Å². The molecule has 2 rings (SSSR count). The number of benzene rings is 1. The fourth-order valence-corrected chi connectivity index (χ4v) is 3.34. The summed E-state index contributed by atoms with van der Waals surface area (Å²) in [6.45, 7) is 2.86. The molecule has 1 heterocycles. The first-order valence-electron chi connectivity index (χ1n) is 10.7. The van der Waals surface area contributed by atoms with E-state index < -0.39 is 71.0 Å². The Bertz CT molecular complexity index is 989. The highest BCUT2D eigenvalue weighted by atomic mass is 35.6. The minimum absolute atomic E-state index is 0.0728. The number of esters is 3. The molecule has 37 heavy (non-hydrogen) atoms. The van der Waals surface area contributed by atoms with Crippen LogP contribution in [0.25, 0.3) is 0 Å². The molecular weight excluding hydrogens is 559 g/mol. The van der Waals surface area contributed by atoms with Crippen molar-refractivity contribution in [2.45, 2.75) is 61.8 Å². The minimum atomic E-state index is -2.33. The van der Waals surface area contributed by atoms with Crippen LogP contribution in [0.5, 0.6) is 0 Å². The van der Waals surface area contributed by atoms with Crippen LogP contribution >= 0.6 is 34.8 Å². The van der Waals surface area contributed by atoms with Crippen molar-refractivity contribution in [1.29, 1.82) is 5.41 Å². The number of rotatable bonds is 8. The molecule has 0 spiro atoms. The molecule has 0 bridgehead atoms. The third-order valence-corrected chi connectivity index (χ3v) is 5.18. The molecule has 0 aliphatic carbocycles. The molecule has 1 aliphatic heterocycles. The summed E-state index contributed by atoms with van der Waals surface area (Å²) in [6.07, 6.45) is -8.60. The zero-order valence-corrected chi connectivity index (χ0v) is 22.2. The topological polar surface area (TPSA) is 160 Å². The van der Waals surface area contributed by atoms with Gasteiger partial charge in [0.2, 0.25) is 18.3 Å². The highest BCUT2D eigenvalue weighted by Gasteiger charge is 2.54. The van der Waals surface area contributed by atoms with Crippen molar-refractivity contribution in [2.75, 3.05) is 6.61 Å². The summed E-state index contributed by atoms with van der Waals surface area (Å²) in [7, 11) is 0. The predicted octanol–water partition coefficient (Wildman–Crippen LogP) is 2.80. The van der Waals surface area contributed by atoms with Gasteiger partial charge >= 0.3 is 24.0 Å². The fraction of sp³-hybridized carbons (Fsp3) is 0.500. The van der Waals surface area contributed by atoms with Gasteiger partial charge in [0.15, 0.2) is 12.2 Å². The molecule has 0 unspecified atom stereocenters. The predicted molar refractivity (Wildman–Crippen MR) is 129 cm³/mol. The van der Waals surface area contributed by atoms with Crippen molar-refractivity contribution >= 4 is 64.7 Å². The van der Waals surface area contributed by atoms with Gasteiger partial charge in [0.05, 0.1) is 0 Å². The van der Waals surface area contributed by atoms with Crippen LogP contribution in [0.4, 0.5) is 4.79 Å². The number of hydrogen-bond donors (Lipinski definition) is 2. The first-order chi connectivity index (χ1) is 17.3. The number of ether oxygens (including phenoxy) is 6. The van der Waals surface area contributed by atoms with Gasteiger partial charge in [0.25, 0.3) is 3.79 Å². The largest absolute Gasteiger partial charge is 0.463 e. The van der Waals surface area contributed by atoms with E-state index in [-0.39, 0.29) is 6.54 Å². The summed E-state index contributed by atoms with van der Waals surface area (Å²) >= 11 is 17.1. The second kappa shape index (κ2) is 13.7. The molecule has 2 N–H and O–H groups in total. The number of halogens is 3. The molecule has 5 atom stereocenters. The Hall–Kier alpha value is -2.80. The second-order valence-electron chi connectivity index (χ2n) is 7.65. The first kappa shape index (κ1) is 30.4. The number of hydrogen-bond acceptors (Lipinski definition) is 11. The van der Waals surface area contributed by atoms with Crippen molar-refractivity contribution in [3.63, 3.8) is 0 Å². The van der Waals surface area contributed by atoms with E-state index in [2.05, 4.69) is 5.32 Å². The Morgan fingerprint density at radius 2 is 1.49 bits per heavy atom. The number of alkyl halides is 3. The minimum Gasteiger partial charge on any atom is -0.463 e. The zero-order valence-electron chi connectivity index (χ0n) is 19.9. The Kier molecular flexibility index (Phi) is 11.2. The number of nitrogens with one attached hydrogen (secondary N) is 2. The number of carbonyl (C=O) groups excluding carboxylic acids is 4. The average molecular weight is 584 g/mol. The lowest BCUT2D eigenvalue weighted by Crippen LogP contribution is -2.63. The van der Waals surface area contributed by atoms with E-state index >= 15 is 0 Å². The van der Waals surface area contributed by atoms with Crippen LogP contribution in [0.2, 0.25) is 0 Å². The second-order valence-corrected chi connectivity index (χ2v) is 9.93.